The minimum absolute atomic E-state index is 0.0237. The first kappa shape index (κ1) is 18.8. The average molecular weight is 367 g/mol. The van der Waals surface area contributed by atoms with E-state index in [0.717, 1.165) is 17.1 Å². The molecule has 3 rings (SSSR count). The van der Waals surface area contributed by atoms with Crippen LogP contribution in [0.25, 0.3) is 0 Å². The minimum atomic E-state index is -0.207. The molecule has 2 aromatic rings. The summed E-state index contributed by atoms with van der Waals surface area (Å²) in [6.07, 6.45) is 0.307. The molecule has 1 fully saturated rings. The first-order valence-corrected chi connectivity index (χ1v) is 9.28. The summed E-state index contributed by atoms with van der Waals surface area (Å²) in [6.45, 7) is 5.47. The molecule has 2 aromatic carbocycles. The van der Waals surface area contributed by atoms with Crippen molar-refractivity contribution in [2.75, 3.05) is 29.5 Å². The van der Waals surface area contributed by atoms with Crippen molar-refractivity contribution in [1.82, 2.24) is 5.32 Å². The summed E-state index contributed by atoms with van der Waals surface area (Å²) in [6, 6.07) is 16.6. The smallest absolute Gasteiger partial charge is 0.322 e. The molecule has 0 aliphatic carbocycles. The number of carbonyl (C=O) groups excluding carboxylic acids is 2. The molecule has 0 saturated carbocycles. The molecule has 6 nitrogen and oxygen atoms in total. The van der Waals surface area contributed by atoms with Crippen LogP contribution in [0, 0.1) is 0 Å². The van der Waals surface area contributed by atoms with Crippen LogP contribution >= 0.6 is 0 Å². The van der Waals surface area contributed by atoms with Crippen LogP contribution in [0.5, 0.6) is 5.75 Å². The number of amides is 3. The van der Waals surface area contributed by atoms with Gasteiger partial charge in [0.15, 0.2) is 0 Å². The lowest BCUT2D eigenvalue weighted by Crippen LogP contribution is -2.46. The Morgan fingerprint density at radius 1 is 1.15 bits per heavy atom. The van der Waals surface area contributed by atoms with Crippen LogP contribution in [0.3, 0.4) is 0 Å². The zero-order valence-corrected chi connectivity index (χ0v) is 15.7. The summed E-state index contributed by atoms with van der Waals surface area (Å²) in [5.41, 5.74) is 1.65. The number of benzene rings is 2. The van der Waals surface area contributed by atoms with Gasteiger partial charge in [0.2, 0.25) is 5.91 Å². The molecule has 1 heterocycles. The van der Waals surface area contributed by atoms with Gasteiger partial charge in [-0.15, -0.1) is 0 Å². The maximum Gasteiger partial charge on any atom is 0.322 e. The van der Waals surface area contributed by atoms with Crippen LogP contribution in [-0.2, 0) is 4.79 Å². The van der Waals surface area contributed by atoms with Crippen molar-refractivity contribution in [3.8, 4) is 5.75 Å². The highest BCUT2D eigenvalue weighted by Gasteiger charge is 2.32. The van der Waals surface area contributed by atoms with E-state index < -0.39 is 0 Å². The molecule has 0 bridgehead atoms. The van der Waals surface area contributed by atoms with Gasteiger partial charge in [0.25, 0.3) is 0 Å². The third-order valence-electron chi connectivity index (χ3n) is 4.54. The number of nitrogens with zero attached hydrogens (tertiary/aromatic N) is 2. The third kappa shape index (κ3) is 4.39. The zero-order chi connectivity index (χ0) is 19.2. The van der Waals surface area contributed by atoms with Crippen molar-refractivity contribution < 1.29 is 14.3 Å². The van der Waals surface area contributed by atoms with Crippen molar-refractivity contribution >= 4 is 23.3 Å². The monoisotopic (exact) mass is 367 g/mol. The molecule has 0 unspecified atom stereocenters. The lowest BCUT2D eigenvalue weighted by atomic mass is 10.2. The lowest BCUT2D eigenvalue weighted by molar-refractivity contribution is -0.117. The SMILES string of the molecule is CCOc1ccc(N(CC)C(=O)N[C@H]2CC(=O)N(c3ccccc3)C2)cc1. The van der Waals surface area contributed by atoms with Crippen LogP contribution in [-0.4, -0.2) is 37.7 Å². The second-order valence-corrected chi connectivity index (χ2v) is 6.36. The summed E-state index contributed by atoms with van der Waals surface area (Å²) in [5, 5.41) is 2.99. The zero-order valence-electron chi connectivity index (χ0n) is 15.7. The van der Waals surface area contributed by atoms with Gasteiger partial charge < -0.3 is 15.0 Å². The maximum absolute atomic E-state index is 12.7. The highest BCUT2D eigenvalue weighted by atomic mass is 16.5. The number of hydrogen-bond acceptors (Lipinski definition) is 3. The second-order valence-electron chi connectivity index (χ2n) is 6.36. The van der Waals surface area contributed by atoms with E-state index in [2.05, 4.69) is 5.32 Å². The van der Waals surface area contributed by atoms with Crippen molar-refractivity contribution in [1.29, 1.82) is 0 Å². The first-order chi connectivity index (χ1) is 13.1. The quantitative estimate of drug-likeness (QED) is 0.851. The molecular weight excluding hydrogens is 342 g/mol. The predicted octanol–water partition coefficient (Wildman–Crippen LogP) is 3.43. The Morgan fingerprint density at radius 3 is 2.48 bits per heavy atom. The summed E-state index contributed by atoms with van der Waals surface area (Å²) >= 11 is 0. The Hall–Kier alpha value is -3.02. The number of para-hydroxylation sites is 1. The molecule has 27 heavy (non-hydrogen) atoms. The number of nitrogens with one attached hydrogen (secondary N) is 1. The second kappa shape index (κ2) is 8.58. The molecule has 1 N–H and O–H groups in total. The van der Waals surface area contributed by atoms with Crippen LogP contribution in [0.4, 0.5) is 16.2 Å². The Labute approximate surface area is 159 Å². The third-order valence-corrected chi connectivity index (χ3v) is 4.54. The Kier molecular flexibility index (Phi) is 5.96. The van der Waals surface area contributed by atoms with E-state index in [1.165, 1.54) is 0 Å². The van der Waals surface area contributed by atoms with Crippen LogP contribution in [0.2, 0.25) is 0 Å². The molecule has 0 spiro atoms. The molecule has 1 aliphatic rings. The first-order valence-electron chi connectivity index (χ1n) is 9.28. The number of ether oxygens (including phenoxy) is 1. The number of rotatable bonds is 6. The molecule has 0 radical (unpaired) electrons. The molecule has 6 heteroatoms. The van der Waals surface area contributed by atoms with Crippen LogP contribution in [0.15, 0.2) is 54.6 Å². The van der Waals surface area contributed by atoms with E-state index in [4.69, 9.17) is 4.74 Å². The van der Waals surface area contributed by atoms with E-state index >= 15 is 0 Å². The van der Waals surface area contributed by atoms with Crippen molar-refractivity contribution in [3.05, 3.63) is 54.6 Å². The van der Waals surface area contributed by atoms with E-state index in [-0.39, 0.29) is 18.0 Å². The Bertz CT molecular complexity index is 777. The van der Waals surface area contributed by atoms with Gasteiger partial charge in [-0.25, -0.2) is 4.79 Å². The van der Waals surface area contributed by atoms with Gasteiger partial charge in [-0.1, -0.05) is 18.2 Å². The lowest BCUT2D eigenvalue weighted by Gasteiger charge is -2.24. The Balaban J connectivity index is 1.64. The minimum Gasteiger partial charge on any atom is -0.494 e. The Morgan fingerprint density at radius 2 is 1.85 bits per heavy atom. The van der Waals surface area contributed by atoms with Gasteiger partial charge in [0.1, 0.15) is 5.75 Å². The van der Waals surface area contributed by atoms with E-state index in [9.17, 15) is 9.59 Å². The van der Waals surface area contributed by atoms with Gasteiger partial charge in [-0.2, -0.15) is 0 Å². The summed E-state index contributed by atoms with van der Waals surface area (Å²) in [7, 11) is 0. The molecule has 1 saturated heterocycles. The van der Waals surface area contributed by atoms with Crippen LogP contribution < -0.4 is 19.9 Å². The highest BCUT2D eigenvalue weighted by molar-refractivity contribution is 5.98. The van der Waals surface area contributed by atoms with Crippen molar-refractivity contribution in [2.45, 2.75) is 26.3 Å². The van der Waals surface area contributed by atoms with E-state index in [1.54, 1.807) is 9.80 Å². The van der Waals surface area contributed by atoms with Crippen LogP contribution in [0.1, 0.15) is 20.3 Å². The number of hydrogen-bond donors (Lipinski definition) is 1. The van der Waals surface area contributed by atoms with Gasteiger partial charge in [0.05, 0.1) is 12.6 Å². The molecule has 3 amide bonds. The number of urea groups is 1. The summed E-state index contributed by atoms with van der Waals surface area (Å²) in [4.78, 5) is 28.4. The molecular formula is C21H25N3O3. The van der Waals surface area contributed by atoms with Gasteiger partial charge >= 0.3 is 6.03 Å². The number of anilines is 2. The van der Waals surface area contributed by atoms with E-state index in [0.29, 0.717) is 26.1 Å². The highest BCUT2D eigenvalue weighted by Crippen LogP contribution is 2.23. The largest absolute Gasteiger partial charge is 0.494 e. The predicted molar refractivity (Wildman–Crippen MR) is 106 cm³/mol. The molecule has 142 valence electrons. The molecule has 1 aliphatic heterocycles. The van der Waals surface area contributed by atoms with Gasteiger partial charge in [-0.3, -0.25) is 9.69 Å². The van der Waals surface area contributed by atoms with Gasteiger partial charge in [-0.05, 0) is 50.2 Å². The fourth-order valence-corrected chi connectivity index (χ4v) is 3.25. The van der Waals surface area contributed by atoms with Gasteiger partial charge in [0, 0.05) is 30.9 Å². The average Bonchev–Trinajstić information content (AvgIpc) is 3.04. The summed E-state index contributed by atoms with van der Waals surface area (Å²) < 4.78 is 5.45. The molecule has 0 aromatic heterocycles. The standard InChI is InChI=1S/C21H25N3O3/c1-3-23(18-10-12-19(13-11-18)27-4-2)21(26)22-16-14-20(25)24(15-16)17-8-6-5-7-9-17/h5-13,16H,3-4,14-15H2,1-2H3,(H,22,26)/t16-/m0/s1. The molecule has 1 atom stereocenters. The normalized spacial score (nSPS) is 16.3. The summed E-state index contributed by atoms with van der Waals surface area (Å²) in [5.74, 6) is 0.799. The number of carbonyl (C=O) groups is 2. The fourth-order valence-electron chi connectivity index (χ4n) is 3.25. The van der Waals surface area contributed by atoms with E-state index in [1.807, 2.05) is 68.4 Å². The van der Waals surface area contributed by atoms with Crippen molar-refractivity contribution in [3.63, 3.8) is 0 Å². The topological polar surface area (TPSA) is 61.9 Å². The van der Waals surface area contributed by atoms with Crippen molar-refractivity contribution in [2.24, 2.45) is 0 Å². The maximum atomic E-state index is 12.7. The fraction of sp³-hybridized carbons (Fsp3) is 0.333.